The molecule has 2 heterocycles. The minimum Gasteiger partial charge on any atom is -0.335 e. The Kier molecular flexibility index (Phi) is 9.25. The number of amides is 1. The Labute approximate surface area is 230 Å². The number of aromatic nitrogens is 3. The molecule has 0 fully saturated rings. The van der Waals surface area contributed by atoms with Crippen molar-refractivity contribution in [3.63, 3.8) is 0 Å². The third-order valence-electron chi connectivity index (χ3n) is 7.32. The van der Waals surface area contributed by atoms with Crippen LogP contribution in [0.2, 0.25) is 0 Å². The van der Waals surface area contributed by atoms with Crippen LogP contribution in [0, 0.1) is 12.8 Å². The van der Waals surface area contributed by atoms with Gasteiger partial charge in [-0.1, -0.05) is 68.8 Å². The third-order valence-corrected chi connectivity index (χ3v) is 7.32. The molecule has 0 bridgehead atoms. The van der Waals surface area contributed by atoms with Crippen LogP contribution in [0.25, 0.3) is 11.0 Å². The molecule has 2 atom stereocenters. The molecule has 4 aromatic rings. The maximum atomic E-state index is 14.0. The van der Waals surface area contributed by atoms with Crippen LogP contribution in [0.5, 0.6) is 0 Å². The molecule has 0 aliphatic rings. The van der Waals surface area contributed by atoms with Gasteiger partial charge in [0.1, 0.15) is 5.82 Å². The zero-order chi connectivity index (χ0) is 27.9. The molecule has 4 rings (SSSR count). The fourth-order valence-electron chi connectivity index (χ4n) is 5.40. The highest BCUT2D eigenvalue weighted by molar-refractivity contribution is 5.94. The van der Waals surface area contributed by atoms with Gasteiger partial charge < -0.3 is 10.6 Å². The average Bonchev–Trinajstić information content (AvgIpc) is 2.95. The number of rotatable bonds is 11. The summed E-state index contributed by atoms with van der Waals surface area (Å²) in [4.78, 5) is 39.2. The first-order valence-corrected chi connectivity index (χ1v) is 13.8. The summed E-state index contributed by atoms with van der Waals surface area (Å²) in [6.07, 6.45) is 3.01. The van der Waals surface area contributed by atoms with Gasteiger partial charge in [0.2, 0.25) is 0 Å². The zero-order valence-electron chi connectivity index (χ0n) is 23.4. The molecule has 2 N–H and O–H groups in total. The van der Waals surface area contributed by atoms with Gasteiger partial charge in [0.25, 0.3) is 11.5 Å². The van der Waals surface area contributed by atoms with Gasteiger partial charge in [-0.05, 0) is 62.1 Å². The number of hydrogen-bond donors (Lipinski definition) is 1. The van der Waals surface area contributed by atoms with E-state index in [2.05, 4.69) is 25.8 Å². The zero-order valence-corrected chi connectivity index (χ0v) is 23.4. The molecule has 2 aromatic carbocycles. The molecule has 2 unspecified atom stereocenters. The van der Waals surface area contributed by atoms with Crippen LogP contribution in [0.1, 0.15) is 66.8 Å². The second-order valence-electron chi connectivity index (χ2n) is 10.5. The van der Waals surface area contributed by atoms with E-state index in [0.29, 0.717) is 54.9 Å². The highest BCUT2D eigenvalue weighted by atomic mass is 16.2. The van der Waals surface area contributed by atoms with Crippen LogP contribution >= 0.6 is 0 Å². The van der Waals surface area contributed by atoms with Crippen molar-refractivity contribution in [1.82, 2.24) is 19.4 Å². The molecular weight excluding hydrogens is 486 g/mol. The lowest BCUT2D eigenvalue weighted by Gasteiger charge is -2.40. The van der Waals surface area contributed by atoms with E-state index >= 15 is 0 Å². The molecule has 0 saturated carbocycles. The van der Waals surface area contributed by atoms with Crippen molar-refractivity contribution in [3.05, 3.63) is 106 Å². The van der Waals surface area contributed by atoms with Crippen LogP contribution < -0.4 is 11.3 Å². The quantitative estimate of drug-likeness (QED) is 0.292. The predicted molar refractivity (Wildman–Crippen MR) is 157 cm³/mol. The predicted octanol–water partition coefficient (Wildman–Crippen LogP) is 5.16. The Morgan fingerprint density at radius 1 is 1.03 bits per heavy atom. The summed E-state index contributed by atoms with van der Waals surface area (Å²) in [6, 6.07) is 21.1. The minimum atomic E-state index is -0.196. The lowest BCUT2D eigenvalue weighted by molar-refractivity contribution is 0.0569. The molecule has 7 heteroatoms. The van der Waals surface area contributed by atoms with Crippen molar-refractivity contribution in [3.8, 4) is 0 Å². The minimum absolute atomic E-state index is 0.0278. The summed E-state index contributed by atoms with van der Waals surface area (Å²) in [5.74, 6) is 0.576. The number of benzene rings is 2. The second kappa shape index (κ2) is 12.8. The van der Waals surface area contributed by atoms with Crippen molar-refractivity contribution in [2.24, 2.45) is 11.7 Å². The van der Waals surface area contributed by atoms with Gasteiger partial charge in [0.15, 0.2) is 5.52 Å². The monoisotopic (exact) mass is 525 g/mol. The lowest BCUT2D eigenvalue weighted by atomic mass is 9.85. The van der Waals surface area contributed by atoms with E-state index in [1.54, 1.807) is 16.8 Å². The maximum absolute atomic E-state index is 14.0. The number of aryl methyl sites for hydroxylation is 1. The van der Waals surface area contributed by atoms with E-state index in [-0.39, 0.29) is 29.3 Å². The van der Waals surface area contributed by atoms with Gasteiger partial charge >= 0.3 is 0 Å². The van der Waals surface area contributed by atoms with E-state index in [9.17, 15) is 9.59 Å². The number of fused-ring (bicyclic) bond motifs is 1. The SMILES string of the molecule is CCC(c1nc2cccnc2c(=O)n1Cc1ccccc1)C(C(C)C)N(CCCN)C(=O)c1ccc(C)cc1. The van der Waals surface area contributed by atoms with E-state index < -0.39 is 0 Å². The van der Waals surface area contributed by atoms with E-state index in [1.807, 2.05) is 72.5 Å². The summed E-state index contributed by atoms with van der Waals surface area (Å²) < 4.78 is 1.76. The molecule has 0 saturated heterocycles. The van der Waals surface area contributed by atoms with E-state index in [0.717, 1.165) is 11.1 Å². The summed E-state index contributed by atoms with van der Waals surface area (Å²) in [6.45, 7) is 9.77. The van der Waals surface area contributed by atoms with Gasteiger partial charge in [-0.15, -0.1) is 0 Å². The first kappa shape index (κ1) is 28.2. The van der Waals surface area contributed by atoms with Crippen molar-refractivity contribution in [2.75, 3.05) is 13.1 Å². The smallest absolute Gasteiger partial charge is 0.280 e. The molecule has 39 heavy (non-hydrogen) atoms. The van der Waals surface area contributed by atoms with Gasteiger partial charge in [-0.3, -0.25) is 14.2 Å². The van der Waals surface area contributed by atoms with Crippen LogP contribution in [-0.4, -0.2) is 44.5 Å². The molecule has 2 aromatic heterocycles. The molecular formula is C32H39N5O2. The van der Waals surface area contributed by atoms with Crippen molar-refractivity contribution in [1.29, 1.82) is 0 Å². The summed E-state index contributed by atoms with van der Waals surface area (Å²) in [5, 5.41) is 0. The third kappa shape index (κ3) is 6.25. The molecule has 0 aliphatic heterocycles. The number of carbonyl (C=O) groups excluding carboxylic acids is 1. The van der Waals surface area contributed by atoms with Crippen LogP contribution in [-0.2, 0) is 6.54 Å². The first-order valence-electron chi connectivity index (χ1n) is 13.8. The fourth-order valence-corrected chi connectivity index (χ4v) is 5.40. The van der Waals surface area contributed by atoms with Gasteiger partial charge in [0.05, 0.1) is 12.1 Å². The van der Waals surface area contributed by atoms with Gasteiger partial charge in [0, 0.05) is 30.3 Å². The Morgan fingerprint density at radius 2 is 1.74 bits per heavy atom. The summed E-state index contributed by atoms with van der Waals surface area (Å²) >= 11 is 0. The van der Waals surface area contributed by atoms with Crippen molar-refractivity contribution in [2.45, 2.75) is 59.0 Å². The molecule has 1 amide bonds. The number of carbonyl (C=O) groups is 1. The van der Waals surface area contributed by atoms with Crippen molar-refractivity contribution >= 4 is 16.9 Å². The first-order chi connectivity index (χ1) is 18.8. The Morgan fingerprint density at radius 3 is 2.38 bits per heavy atom. The highest BCUT2D eigenvalue weighted by Crippen LogP contribution is 2.32. The van der Waals surface area contributed by atoms with Gasteiger partial charge in [-0.2, -0.15) is 0 Å². The summed E-state index contributed by atoms with van der Waals surface area (Å²) in [5.41, 5.74) is 9.43. The lowest BCUT2D eigenvalue weighted by Crippen LogP contribution is -2.48. The number of hydrogen-bond acceptors (Lipinski definition) is 5. The van der Waals surface area contributed by atoms with Gasteiger partial charge in [-0.25, -0.2) is 9.97 Å². The normalized spacial score (nSPS) is 13.0. The highest BCUT2D eigenvalue weighted by Gasteiger charge is 2.36. The van der Waals surface area contributed by atoms with E-state index in [1.165, 1.54) is 0 Å². The van der Waals surface area contributed by atoms with E-state index in [4.69, 9.17) is 10.7 Å². The average molecular weight is 526 g/mol. The maximum Gasteiger partial charge on any atom is 0.280 e. The Bertz CT molecular complexity index is 1450. The van der Waals surface area contributed by atoms with Crippen LogP contribution in [0.15, 0.2) is 77.7 Å². The fraction of sp³-hybridized carbons (Fsp3) is 0.375. The number of nitrogens with two attached hydrogens (primary N) is 1. The second-order valence-corrected chi connectivity index (χ2v) is 10.5. The van der Waals surface area contributed by atoms with Crippen LogP contribution in [0.3, 0.4) is 0 Å². The van der Waals surface area contributed by atoms with Crippen molar-refractivity contribution < 1.29 is 4.79 Å². The topological polar surface area (TPSA) is 94.1 Å². The number of pyridine rings is 1. The molecule has 7 nitrogen and oxygen atoms in total. The molecule has 204 valence electrons. The van der Waals surface area contributed by atoms with Crippen LogP contribution in [0.4, 0.5) is 0 Å². The largest absolute Gasteiger partial charge is 0.335 e. The summed E-state index contributed by atoms with van der Waals surface area (Å²) in [7, 11) is 0. The Balaban J connectivity index is 1.88. The Hall–Kier alpha value is -3.84. The molecule has 0 aliphatic carbocycles. The molecule has 0 spiro atoms. The number of nitrogens with zero attached hydrogens (tertiary/aromatic N) is 4. The standard InChI is InChI=1S/C32H39N5O2/c1-5-26(29(22(2)3)36(20-10-18-33)31(38)25-16-14-23(4)15-17-25)30-35-27-13-9-19-34-28(27)32(39)37(30)21-24-11-7-6-8-12-24/h6-9,11-17,19,22,26,29H,5,10,18,20-21,33H2,1-4H3. The molecule has 0 radical (unpaired) electrons.